The highest BCUT2D eigenvalue weighted by Crippen LogP contribution is 2.41. The third-order valence-corrected chi connectivity index (χ3v) is 3.73. The minimum absolute atomic E-state index is 0.433. The molecule has 1 aromatic heterocycles. The summed E-state index contributed by atoms with van der Waals surface area (Å²) in [5.41, 5.74) is 2.61. The van der Waals surface area contributed by atoms with E-state index in [1.807, 2.05) is 27.0 Å². The highest BCUT2D eigenvalue weighted by Gasteiger charge is 2.17. The highest BCUT2D eigenvalue weighted by atomic mass is 35.5. The Labute approximate surface area is 129 Å². The molecule has 1 aromatic carbocycles. The van der Waals surface area contributed by atoms with Crippen molar-refractivity contribution < 1.29 is 9.47 Å². The van der Waals surface area contributed by atoms with Crippen LogP contribution in [0.2, 0.25) is 5.02 Å². The number of anilines is 1. The Morgan fingerprint density at radius 1 is 1.10 bits per heavy atom. The Kier molecular flexibility index (Phi) is 4.53. The predicted molar refractivity (Wildman–Crippen MR) is 84.6 cm³/mol. The Morgan fingerprint density at radius 2 is 1.81 bits per heavy atom. The number of nitrogens with one attached hydrogen (secondary N) is 1. The maximum absolute atomic E-state index is 6.41. The molecule has 112 valence electrons. The van der Waals surface area contributed by atoms with Crippen molar-refractivity contribution in [3.05, 3.63) is 28.4 Å². The molecule has 0 aliphatic heterocycles. The normalized spacial score (nSPS) is 10.4. The second-order valence-electron chi connectivity index (χ2n) is 4.52. The summed E-state index contributed by atoms with van der Waals surface area (Å²) in [5, 5.41) is 3.50. The Bertz CT molecular complexity index is 674. The van der Waals surface area contributed by atoms with E-state index >= 15 is 0 Å². The first-order valence-corrected chi connectivity index (χ1v) is 6.85. The summed E-state index contributed by atoms with van der Waals surface area (Å²) in [7, 11) is 4.95. The van der Waals surface area contributed by atoms with Crippen LogP contribution >= 0.6 is 11.6 Å². The standard InChI is InChI=1S/C15H18ClN3O2/c1-8-9(2)18-15(19-14(8)17-3)10-6-7-11(20-4)13(21-5)12(10)16/h6-7H,1-5H3,(H,17,18,19). The highest BCUT2D eigenvalue weighted by molar-refractivity contribution is 6.35. The van der Waals surface area contributed by atoms with Gasteiger partial charge in [-0.3, -0.25) is 0 Å². The van der Waals surface area contributed by atoms with Crippen LogP contribution in [0, 0.1) is 13.8 Å². The van der Waals surface area contributed by atoms with Crippen LogP contribution in [0.15, 0.2) is 12.1 Å². The summed E-state index contributed by atoms with van der Waals surface area (Å²) in [6, 6.07) is 3.62. The molecule has 1 heterocycles. The van der Waals surface area contributed by atoms with Crippen molar-refractivity contribution in [3.63, 3.8) is 0 Å². The van der Waals surface area contributed by atoms with Crippen molar-refractivity contribution in [3.8, 4) is 22.9 Å². The predicted octanol–water partition coefficient (Wildman–Crippen LogP) is 3.47. The average molecular weight is 308 g/mol. The molecule has 2 rings (SSSR count). The van der Waals surface area contributed by atoms with Gasteiger partial charge in [-0.25, -0.2) is 9.97 Å². The van der Waals surface area contributed by atoms with Crippen molar-refractivity contribution in [1.82, 2.24) is 9.97 Å². The number of rotatable bonds is 4. The van der Waals surface area contributed by atoms with Gasteiger partial charge >= 0.3 is 0 Å². The molecule has 0 aliphatic carbocycles. The zero-order chi connectivity index (χ0) is 15.6. The molecule has 5 nitrogen and oxygen atoms in total. The van der Waals surface area contributed by atoms with Gasteiger partial charge in [0.1, 0.15) is 5.82 Å². The Balaban J connectivity index is 2.65. The van der Waals surface area contributed by atoms with E-state index in [2.05, 4.69) is 15.3 Å². The second-order valence-corrected chi connectivity index (χ2v) is 4.90. The minimum atomic E-state index is 0.433. The summed E-state index contributed by atoms with van der Waals surface area (Å²) < 4.78 is 10.5. The minimum Gasteiger partial charge on any atom is -0.493 e. The molecule has 0 bridgehead atoms. The topological polar surface area (TPSA) is 56.3 Å². The van der Waals surface area contributed by atoms with E-state index in [1.54, 1.807) is 20.3 Å². The number of nitrogens with zero attached hydrogens (tertiary/aromatic N) is 2. The molecule has 1 N–H and O–H groups in total. The van der Waals surface area contributed by atoms with Gasteiger partial charge in [0.15, 0.2) is 17.3 Å². The van der Waals surface area contributed by atoms with E-state index in [1.165, 1.54) is 0 Å². The quantitative estimate of drug-likeness (QED) is 0.937. The zero-order valence-corrected chi connectivity index (χ0v) is 13.5. The molecule has 2 aromatic rings. The summed E-state index contributed by atoms with van der Waals surface area (Å²) in [6.45, 7) is 3.91. The molecule has 0 saturated heterocycles. The van der Waals surface area contributed by atoms with Gasteiger partial charge in [0.2, 0.25) is 0 Å². The summed E-state index contributed by atoms with van der Waals surface area (Å²) in [5.74, 6) is 2.38. The first-order chi connectivity index (χ1) is 10.0. The van der Waals surface area contributed by atoms with E-state index in [9.17, 15) is 0 Å². The van der Waals surface area contributed by atoms with E-state index in [4.69, 9.17) is 21.1 Å². The van der Waals surface area contributed by atoms with E-state index in [0.717, 1.165) is 17.1 Å². The molecule has 0 atom stereocenters. The van der Waals surface area contributed by atoms with Gasteiger partial charge in [-0.2, -0.15) is 0 Å². The molecule has 0 fully saturated rings. The van der Waals surface area contributed by atoms with Crippen LogP contribution in [-0.2, 0) is 0 Å². The van der Waals surface area contributed by atoms with E-state index < -0.39 is 0 Å². The fourth-order valence-electron chi connectivity index (χ4n) is 2.05. The molecule has 21 heavy (non-hydrogen) atoms. The molecule has 0 aliphatic rings. The smallest absolute Gasteiger partial charge is 0.180 e. The monoisotopic (exact) mass is 307 g/mol. The first kappa shape index (κ1) is 15.4. The molecular weight excluding hydrogens is 290 g/mol. The van der Waals surface area contributed by atoms with Crippen LogP contribution < -0.4 is 14.8 Å². The van der Waals surface area contributed by atoms with Crippen LogP contribution in [0.1, 0.15) is 11.3 Å². The number of hydrogen-bond acceptors (Lipinski definition) is 5. The van der Waals surface area contributed by atoms with Crippen LogP contribution in [-0.4, -0.2) is 31.2 Å². The Hall–Kier alpha value is -2.01. The molecule has 0 spiro atoms. The van der Waals surface area contributed by atoms with Crippen LogP contribution in [0.4, 0.5) is 5.82 Å². The zero-order valence-electron chi connectivity index (χ0n) is 12.7. The fourth-order valence-corrected chi connectivity index (χ4v) is 2.37. The van der Waals surface area contributed by atoms with Crippen molar-refractivity contribution >= 4 is 17.4 Å². The third-order valence-electron chi connectivity index (χ3n) is 3.35. The average Bonchev–Trinajstić information content (AvgIpc) is 2.49. The number of ether oxygens (including phenoxy) is 2. The van der Waals surface area contributed by atoms with Gasteiger partial charge in [0.25, 0.3) is 0 Å². The summed E-state index contributed by atoms with van der Waals surface area (Å²) in [4.78, 5) is 9.02. The Morgan fingerprint density at radius 3 is 2.38 bits per heavy atom. The molecule has 6 heteroatoms. The molecule has 0 unspecified atom stereocenters. The summed E-state index contributed by atoms with van der Waals surface area (Å²) >= 11 is 6.41. The van der Waals surface area contributed by atoms with Gasteiger partial charge in [-0.15, -0.1) is 0 Å². The fraction of sp³-hybridized carbons (Fsp3) is 0.333. The van der Waals surface area contributed by atoms with Gasteiger partial charge in [-0.1, -0.05) is 11.6 Å². The SMILES string of the molecule is CNc1nc(-c2ccc(OC)c(OC)c2Cl)nc(C)c1C. The third kappa shape index (κ3) is 2.74. The lowest BCUT2D eigenvalue weighted by Gasteiger charge is -2.14. The lowest BCUT2D eigenvalue weighted by atomic mass is 10.1. The maximum atomic E-state index is 6.41. The first-order valence-electron chi connectivity index (χ1n) is 6.47. The number of hydrogen-bond donors (Lipinski definition) is 1. The lowest BCUT2D eigenvalue weighted by molar-refractivity contribution is 0.355. The van der Waals surface area contributed by atoms with Gasteiger partial charge in [-0.05, 0) is 26.0 Å². The lowest BCUT2D eigenvalue weighted by Crippen LogP contribution is -2.03. The number of methoxy groups -OCH3 is 2. The van der Waals surface area contributed by atoms with Gasteiger partial charge < -0.3 is 14.8 Å². The van der Waals surface area contributed by atoms with Crippen LogP contribution in [0.5, 0.6) is 11.5 Å². The summed E-state index contributed by atoms with van der Waals surface area (Å²) in [6.07, 6.45) is 0. The number of aromatic nitrogens is 2. The number of halogens is 1. The van der Waals surface area contributed by atoms with E-state index in [-0.39, 0.29) is 0 Å². The second kappa shape index (κ2) is 6.18. The van der Waals surface area contributed by atoms with Gasteiger partial charge in [0.05, 0.1) is 19.2 Å². The van der Waals surface area contributed by atoms with Crippen molar-refractivity contribution in [2.24, 2.45) is 0 Å². The van der Waals surface area contributed by atoms with Crippen molar-refractivity contribution in [1.29, 1.82) is 0 Å². The molecule has 0 saturated carbocycles. The van der Waals surface area contributed by atoms with Crippen LogP contribution in [0.3, 0.4) is 0 Å². The van der Waals surface area contributed by atoms with Crippen molar-refractivity contribution in [2.45, 2.75) is 13.8 Å². The maximum Gasteiger partial charge on any atom is 0.180 e. The number of benzene rings is 1. The number of aryl methyl sites for hydroxylation is 1. The largest absolute Gasteiger partial charge is 0.493 e. The molecule has 0 amide bonds. The molecule has 0 radical (unpaired) electrons. The van der Waals surface area contributed by atoms with Gasteiger partial charge in [0, 0.05) is 23.9 Å². The van der Waals surface area contributed by atoms with E-state index in [0.29, 0.717) is 27.9 Å². The van der Waals surface area contributed by atoms with Crippen molar-refractivity contribution in [2.75, 3.05) is 26.6 Å². The molecular formula is C15H18ClN3O2. The van der Waals surface area contributed by atoms with Crippen LogP contribution in [0.25, 0.3) is 11.4 Å².